The minimum Gasteiger partial charge on any atom is -0.336 e. The molecule has 2 rings (SSSR count). The van der Waals surface area contributed by atoms with Gasteiger partial charge in [-0.2, -0.15) is 0 Å². The maximum Gasteiger partial charge on any atom is 0.326 e. The number of carbonyl (C=O) groups excluding carboxylic acids is 3. The third-order valence-electron chi connectivity index (χ3n) is 2.68. The molecule has 94 valence electrons. The van der Waals surface area contributed by atoms with Crippen LogP contribution in [-0.2, 0) is 4.79 Å². The fourth-order valence-corrected chi connectivity index (χ4v) is 1.73. The van der Waals surface area contributed by atoms with Crippen molar-refractivity contribution in [2.75, 3.05) is 13.1 Å². The highest BCUT2D eigenvalue weighted by atomic mass is 16.2. The Kier molecular flexibility index (Phi) is 3.57. The number of hydrogen-bond acceptors (Lipinski definition) is 3. The normalized spacial score (nSPS) is 16.0. The Morgan fingerprint density at radius 3 is 2.67 bits per heavy atom. The van der Waals surface area contributed by atoms with Gasteiger partial charge in [-0.05, 0) is 5.56 Å². The van der Waals surface area contributed by atoms with Crippen LogP contribution in [0, 0.1) is 0 Å². The lowest BCUT2D eigenvalue weighted by Gasteiger charge is -2.17. The summed E-state index contributed by atoms with van der Waals surface area (Å²) in [5, 5.41) is 5.03. The van der Waals surface area contributed by atoms with Crippen LogP contribution < -0.4 is 10.6 Å². The van der Waals surface area contributed by atoms with E-state index in [2.05, 4.69) is 10.6 Å². The van der Waals surface area contributed by atoms with E-state index >= 15 is 0 Å². The van der Waals surface area contributed by atoms with Crippen molar-refractivity contribution >= 4 is 18.3 Å². The summed E-state index contributed by atoms with van der Waals surface area (Å²) in [5.41, 5.74) is 0.681. The molecule has 0 saturated carbocycles. The second-order valence-corrected chi connectivity index (χ2v) is 3.86. The molecule has 1 atom stereocenters. The average Bonchev–Trinajstić information content (AvgIpc) is 2.83. The molecule has 1 saturated heterocycles. The first-order valence-electron chi connectivity index (χ1n) is 5.58. The zero-order chi connectivity index (χ0) is 13.0. The highest BCUT2D eigenvalue weighted by Crippen LogP contribution is 2.10. The van der Waals surface area contributed by atoms with Gasteiger partial charge in [0.05, 0.1) is 0 Å². The minimum absolute atomic E-state index is 0.311. The molecule has 4 amide bonds. The first-order valence-corrected chi connectivity index (χ1v) is 5.58. The fourth-order valence-electron chi connectivity index (χ4n) is 1.73. The number of carbonyl (C=O) groups is 3. The van der Waals surface area contributed by atoms with Gasteiger partial charge in [0, 0.05) is 13.1 Å². The molecule has 6 heteroatoms. The predicted octanol–water partition coefficient (Wildman–Crippen LogP) is 0.661. The van der Waals surface area contributed by atoms with E-state index in [1.807, 2.05) is 6.07 Å². The van der Waals surface area contributed by atoms with Crippen LogP contribution in [0.2, 0.25) is 0 Å². The Morgan fingerprint density at radius 1 is 1.39 bits per heavy atom. The van der Waals surface area contributed by atoms with Crippen molar-refractivity contribution < 1.29 is 14.4 Å². The number of imide groups is 1. The van der Waals surface area contributed by atoms with Crippen molar-refractivity contribution in [3.05, 3.63) is 35.9 Å². The van der Waals surface area contributed by atoms with Gasteiger partial charge < -0.3 is 15.4 Å². The fraction of sp³-hybridized carbons (Fsp3) is 0.250. The maximum atomic E-state index is 11.8. The lowest BCUT2D eigenvalue weighted by Crippen LogP contribution is -2.43. The van der Waals surface area contributed by atoms with E-state index < -0.39 is 18.1 Å². The minimum atomic E-state index is -0.743. The van der Waals surface area contributed by atoms with Gasteiger partial charge >= 0.3 is 12.1 Å². The molecule has 1 aliphatic rings. The summed E-state index contributed by atoms with van der Waals surface area (Å²) in [7, 11) is 0. The van der Waals surface area contributed by atoms with Crippen molar-refractivity contribution in [1.82, 2.24) is 15.5 Å². The molecule has 0 spiro atoms. The number of hydrogen-bond donors (Lipinski definition) is 2. The van der Waals surface area contributed by atoms with Crippen LogP contribution in [0.15, 0.2) is 30.3 Å². The molecule has 1 aromatic rings. The summed E-state index contributed by atoms with van der Waals surface area (Å²) in [6.45, 7) is 0.744. The number of nitrogens with one attached hydrogen (secondary N) is 2. The molecule has 2 N–H and O–H groups in total. The van der Waals surface area contributed by atoms with E-state index in [1.54, 1.807) is 24.3 Å². The van der Waals surface area contributed by atoms with Crippen molar-refractivity contribution in [1.29, 1.82) is 0 Å². The first-order chi connectivity index (χ1) is 8.72. The molecule has 0 aromatic heterocycles. The molecule has 1 fully saturated rings. The lowest BCUT2D eigenvalue weighted by molar-refractivity contribution is -0.109. The van der Waals surface area contributed by atoms with E-state index in [-0.39, 0.29) is 0 Å². The quantitative estimate of drug-likeness (QED) is 0.770. The third-order valence-corrected chi connectivity index (χ3v) is 2.68. The Morgan fingerprint density at radius 2 is 2.11 bits per heavy atom. The molecule has 1 unspecified atom stereocenters. The number of amides is 4. The largest absolute Gasteiger partial charge is 0.336 e. The molecule has 0 radical (unpaired) electrons. The molecule has 6 nitrogen and oxygen atoms in total. The molecule has 0 aliphatic carbocycles. The zero-order valence-corrected chi connectivity index (χ0v) is 9.63. The number of benzene rings is 1. The van der Waals surface area contributed by atoms with Crippen LogP contribution in [0.4, 0.5) is 9.59 Å². The molecule has 1 heterocycles. The summed E-state index contributed by atoms with van der Waals surface area (Å²) in [5.74, 6) is 0. The van der Waals surface area contributed by atoms with E-state index in [1.165, 1.54) is 0 Å². The van der Waals surface area contributed by atoms with Crippen LogP contribution in [0.3, 0.4) is 0 Å². The molecule has 18 heavy (non-hydrogen) atoms. The molecular weight excluding hydrogens is 234 g/mol. The van der Waals surface area contributed by atoms with E-state index in [4.69, 9.17) is 0 Å². The summed E-state index contributed by atoms with van der Waals surface area (Å²) in [6.07, 6.45) is 0.640. The number of rotatable bonds is 3. The second kappa shape index (κ2) is 5.31. The number of urea groups is 2. The lowest BCUT2D eigenvalue weighted by atomic mass is 10.1. The van der Waals surface area contributed by atoms with Gasteiger partial charge in [-0.3, -0.25) is 0 Å². The van der Waals surface area contributed by atoms with E-state index in [0.717, 1.165) is 4.90 Å². The van der Waals surface area contributed by atoms with Gasteiger partial charge in [-0.15, -0.1) is 0 Å². The Balaban J connectivity index is 2.05. The Hall–Kier alpha value is -2.37. The maximum absolute atomic E-state index is 11.8. The average molecular weight is 247 g/mol. The summed E-state index contributed by atoms with van der Waals surface area (Å²) in [6, 6.07) is 7.11. The Bertz CT molecular complexity index is 461. The van der Waals surface area contributed by atoms with Crippen molar-refractivity contribution in [3.8, 4) is 0 Å². The van der Waals surface area contributed by atoms with Crippen molar-refractivity contribution in [3.63, 3.8) is 0 Å². The van der Waals surface area contributed by atoms with E-state index in [0.29, 0.717) is 24.9 Å². The monoisotopic (exact) mass is 247 g/mol. The van der Waals surface area contributed by atoms with Crippen LogP contribution in [-0.4, -0.2) is 36.3 Å². The first kappa shape index (κ1) is 12.1. The van der Waals surface area contributed by atoms with Crippen LogP contribution in [0.1, 0.15) is 11.6 Å². The Labute approximate surface area is 104 Å². The SMILES string of the molecule is O=CC(NC(=O)N1CCNC1=O)c1ccccc1. The second-order valence-electron chi connectivity index (χ2n) is 3.86. The standard InChI is InChI=1S/C12H13N3O3/c16-8-10(9-4-2-1-3-5-9)14-12(18)15-7-6-13-11(15)17/h1-5,8,10H,6-7H2,(H,13,17)(H,14,18). The van der Waals surface area contributed by atoms with Gasteiger partial charge in [0.15, 0.2) is 0 Å². The van der Waals surface area contributed by atoms with Gasteiger partial charge in [0.2, 0.25) is 0 Å². The van der Waals surface area contributed by atoms with Crippen molar-refractivity contribution in [2.24, 2.45) is 0 Å². The van der Waals surface area contributed by atoms with Gasteiger partial charge in [-0.1, -0.05) is 30.3 Å². The molecule has 1 aromatic carbocycles. The third kappa shape index (κ3) is 2.48. The van der Waals surface area contributed by atoms with Gasteiger partial charge in [-0.25, -0.2) is 14.5 Å². The molecule has 0 bridgehead atoms. The summed E-state index contributed by atoms with van der Waals surface area (Å²) < 4.78 is 0. The predicted molar refractivity (Wildman–Crippen MR) is 63.9 cm³/mol. The van der Waals surface area contributed by atoms with Crippen LogP contribution >= 0.6 is 0 Å². The number of aldehydes is 1. The smallest absolute Gasteiger partial charge is 0.326 e. The van der Waals surface area contributed by atoms with Crippen LogP contribution in [0.25, 0.3) is 0 Å². The van der Waals surface area contributed by atoms with Gasteiger partial charge in [0.25, 0.3) is 0 Å². The van der Waals surface area contributed by atoms with E-state index in [9.17, 15) is 14.4 Å². The highest BCUT2D eigenvalue weighted by molar-refractivity contribution is 5.95. The summed E-state index contributed by atoms with van der Waals surface area (Å²) >= 11 is 0. The molecular formula is C12H13N3O3. The van der Waals surface area contributed by atoms with Gasteiger partial charge in [0.1, 0.15) is 12.3 Å². The topological polar surface area (TPSA) is 78.5 Å². The summed E-state index contributed by atoms with van der Waals surface area (Å²) in [4.78, 5) is 35.1. The van der Waals surface area contributed by atoms with Crippen molar-refractivity contribution in [2.45, 2.75) is 6.04 Å². The molecule has 1 aliphatic heterocycles. The zero-order valence-electron chi connectivity index (χ0n) is 9.63. The number of nitrogens with zero attached hydrogens (tertiary/aromatic N) is 1. The van der Waals surface area contributed by atoms with Crippen LogP contribution in [0.5, 0.6) is 0 Å². The highest BCUT2D eigenvalue weighted by Gasteiger charge is 2.27.